The van der Waals surface area contributed by atoms with Crippen molar-refractivity contribution in [2.75, 3.05) is 5.32 Å². The van der Waals surface area contributed by atoms with Gasteiger partial charge in [0.25, 0.3) is 5.91 Å². The molecule has 2 heterocycles. The number of carbonyl (C=O) groups is 1. The van der Waals surface area contributed by atoms with Crippen LogP contribution in [0.5, 0.6) is 0 Å². The van der Waals surface area contributed by atoms with Gasteiger partial charge in [0.15, 0.2) is 0 Å². The van der Waals surface area contributed by atoms with Crippen molar-refractivity contribution < 1.29 is 4.79 Å². The number of hydrogen-bond donors (Lipinski definition) is 1. The van der Waals surface area contributed by atoms with Crippen molar-refractivity contribution in [3.63, 3.8) is 0 Å². The maximum Gasteiger partial charge on any atom is 0.260 e. The Kier molecular flexibility index (Phi) is 3.99. The third-order valence-electron chi connectivity index (χ3n) is 4.59. The molecule has 1 unspecified atom stereocenters. The summed E-state index contributed by atoms with van der Waals surface area (Å²) >= 11 is 1.55. The molecule has 0 aromatic carbocycles. The van der Waals surface area contributed by atoms with E-state index in [9.17, 15) is 10.1 Å². The molecule has 1 aliphatic rings. The summed E-state index contributed by atoms with van der Waals surface area (Å²) in [4.78, 5) is 13.9. The Morgan fingerprint density at radius 2 is 2.22 bits per heavy atom. The monoisotopic (exact) mass is 328 g/mol. The van der Waals surface area contributed by atoms with Gasteiger partial charge in [-0.2, -0.15) is 10.4 Å². The van der Waals surface area contributed by atoms with Gasteiger partial charge < -0.3 is 5.32 Å². The van der Waals surface area contributed by atoms with Crippen LogP contribution in [-0.4, -0.2) is 15.7 Å². The number of aryl methyl sites for hydroxylation is 2. The summed E-state index contributed by atoms with van der Waals surface area (Å²) in [5, 5.41) is 17.4. The maximum atomic E-state index is 12.6. The summed E-state index contributed by atoms with van der Waals surface area (Å²) in [6.07, 6.45) is 3.03. The molecule has 1 N–H and O–H groups in total. The Morgan fingerprint density at radius 3 is 2.83 bits per heavy atom. The van der Waals surface area contributed by atoms with Gasteiger partial charge in [-0.3, -0.25) is 9.48 Å². The van der Waals surface area contributed by atoms with E-state index in [0.717, 1.165) is 30.5 Å². The van der Waals surface area contributed by atoms with Crippen molar-refractivity contribution in [1.82, 2.24) is 9.78 Å². The zero-order valence-electron chi connectivity index (χ0n) is 13.9. The van der Waals surface area contributed by atoms with E-state index in [2.05, 4.69) is 23.4 Å². The van der Waals surface area contributed by atoms with E-state index < -0.39 is 0 Å². The normalized spacial score (nSPS) is 16.7. The first kappa shape index (κ1) is 15.8. The molecule has 120 valence electrons. The van der Waals surface area contributed by atoms with Crippen LogP contribution in [0.15, 0.2) is 0 Å². The Balaban J connectivity index is 1.94. The van der Waals surface area contributed by atoms with Gasteiger partial charge in [0.05, 0.1) is 16.8 Å². The van der Waals surface area contributed by atoms with E-state index in [-0.39, 0.29) is 5.91 Å². The predicted molar refractivity (Wildman–Crippen MR) is 90.9 cm³/mol. The molecule has 1 atom stereocenters. The smallest absolute Gasteiger partial charge is 0.260 e. The fraction of sp³-hybridized carbons (Fsp3) is 0.471. The average molecular weight is 328 g/mol. The van der Waals surface area contributed by atoms with Gasteiger partial charge in [-0.1, -0.05) is 6.92 Å². The fourth-order valence-corrected chi connectivity index (χ4v) is 4.58. The highest BCUT2D eigenvalue weighted by Crippen LogP contribution is 2.39. The van der Waals surface area contributed by atoms with Crippen LogP contribution in [0.4, 0.5) is 5.00 Å². The summed E-state index contributed by atoms with van der Waals surface area (Å²) in [6, 6.07) is 2.28. The number of thiophene rings is 1. The van der Waals surface area contributed by atoms with E-state index in [1.807, 2.05) is 20.9 Å². The zero-order valence-corrected chi connectivity index (χ0v) is 14.7. The third kappa shape index (κ3) is 2.66. The molecule has 2 aromatic heterocycles. The Bertz CT molecular complexity index is 825. The molecule has 1 aliphatic carbocycles. The van der Waals surface area contributed by atoms with Crippen molar-refractivity contribution in [1.29, 1.82) is 5.26 Å². The number of nitrogens with one attached hydrogen (secondary N) is 1. The molecule has 3 rings (SSSR count). The molecule has 0 saturated heterocycles. The molecule has 1 amide bonds. The first-order valence-electron chi connectivity index (χ1n) is 7.78. The first-order valence-corrected chi connectivity index (χ1v) is 8.60. The Labute approximate surface area is 139 Å². The van der Waals surface area contributed by atoms with Crippen LogP contribution in [0.2, 0.25) is 0 Å². The quantitative estimate of drug-likeness (QED) is 0.919. The summed E-state index contributed by atoms with van der Waals surface area (Å²) < 4.78 is 1.70. The van der Waals surface area contributed by atoms with Gasteiger partial charge in [-0.25, -0.2) is 0 Å². The van der Waals surface area contributed by atoms with Crippen LogP contribution in [0.25, 0.3) is 0 Å². The lowest BCUT2D eigenvalue weighted by Gasteiger charge is -2.17. The second kappa shape index (κ2) is 5.82. The van der Waals surface area contributed by atoms with E-state index in [4.69, 9.17) is 0 Å². The van der Waals surface area contributed by atoms with Crippen molar-refractivity contribution in [2.24, 2.45) is 13.0 Å². The number of nitrogens with zero attached hydrogens (tertiary/aromatic N) is 3. The van der Waals surface area contributed by atoms with E-state index >= 15 is 0 Å². The number of rotatable bonds is 2. The SMILES string of the molecule is Cc1nn(C)c(C)c1C(=O)Nc1sc2c(c1C#N)CCC(C)C2. The molecule has 6 heteroatoms. The van der Waals surface area contributed by atoms with Gasteiger partial charge in [-0.05, 0) is 44.6 Å². The van der Waals surface area contributed by atoms with Crippen LogP contribution in [0, 0.1) is 31.1 Å². The van der Waals surface area contributed by atoms with Crippen LogP contribution < -0.4 is 5.32 Å². The van der Waals surface area contributed by atoms with E-state index in [0.29, 0.717) is 27.7 Å². The summed E-state index contributed by atoms with van der Waals surface area (Å²) in [5.74, 6) is 0.454. The number of anilines is 1. The molecule has 2 aromatic rings. The zero-order chi connectivity index (χ0) is 16.7. The third-order valence-corrected chi connectivity index (χ3v) is 5.76. The highest BCUT2D eigenvalue weighted by atomic mass is 32.1. The first-order chi connectivity index (χ1) is 10.9. The molecular weight excluding hydrogens is 308 g/mol. The molecule has 23 heavy (non-hydrogen) atoms. The van der Waals surface area contributed by atoms with Crippen molar-refractivity contribution in [2.45, 2.75) is 40.0 Å². The van der Waals surface area contributed by atoms with Crippen LogP contribution in [-0.2, 0) is 19.9 Å². The molecular formula is C17H20N4OS. The minimum Gasteiger partial charge on any atom is -0.312 e. The summed E-state index contributed by atoms with van der Waals surface area (Å²) in [6.45, 7) is 5.94. The number of aromatic nitrogens is 2. The van der Waals surface area contributed by atoms with Crippen LogP contribution >= 0.6 is 11.3 Å². The average Bonchev–Trinajstić information content (AvgIpc) is 2.95. The molecule has 0 fully saturated rings. The van der Waals surface area contributed by atoms with Gasteiger partial charge in [-0.15, -0.1) is 11.3 Å². The van der Waals surface area contributed by atoms with Gasteiger partial charge >= 0.3 is 0 Å². The molecule has 0 bridgehead atoms. The number of amides is 1. The molecule has 0 radical (unpaired) electrons. The second-order valence-electron chi connectivity index (χ2n) is 6.29. The van der Waals surface area contributed by atoms with E-state index in [1.54, 1.807) is 16.0 Å². The van der Waals surface area contributed by atoms with Crippen molar-refractivity contribution in [3.8, 4) is 6.07 Å². The highest BCUT2D eigenvalue weighted by Gasteiger charge is 2.26. The fourth-order valence-electron chi connectivity index (χ4n) is 3.22. The lowest BCUT2D eigenvalue weighted by Crippen LogP contribution is -2.14. The minimum absolute atomic E-state index is 0.184. The molecule has 0 aliphatic heterocycles. The predicted octanol–water partition coefficient (Wildman–Crippen LogP) is 3.35. The number of nitriles is 1. The lowest BCUT2D eigenvalue weighted by atomic mass is 9.88. The standard InChI is InChI=1S/C17H20N4OS/c1-9-5-6-12-13(8-18)17(23-14(12)7-9)19-16(22)15-10(2)20-21(4)11(15)3/h9H,5-7H2,1-4H3,(H,19,22). The maximum absolute atomic E-state index is 12.6. The van der Waals surface area contributed by atoms with E-state index in [1.165, 1.54) is 4.88 Å². The summed E-state index contributed by atoms with van der Waals surface area (Å²) in [7, 11) is 1.82. The molecule has 5 nitrogen and oxygen atoms in total. The molecule has 0 spiro atoms. The van der Waals surface area contributed by atoms with Crippen molar-refractivity contribution in [3.05, 3.63) is 33.0 Å². The minimum atomic E-state index is -0.184. The number of carbonyl (C=O) groups excluding carboxylic acids is 1. The number of hydrogen-bond acceptors (Lipinski definition) is 4. The Hall–Kier alpha value is -2.13. The largest absolute Gasteiger partial charge is 0.312 e. The van der Waals surface area contributed by atoms with Crippen molar-refractivity contribution >= 4 is 22.2 Å². The summed E-state index contributed by atoms with van der Waals surface area (Å²) in [5.41, 5.74) is 3.90. The van der Waals surface area contributed by atoms with Gasteiger partial charge in [0.2, 0.25) is 0 Å². The van der Waals surface area contributed by atoms with Gasteiger partial charge in [0, 0.05) is 17.6 Å². The molecule has 0 saturated carbocycles. The topological polar surface area (TPSA) is 70.7 Å². The Morgan fingerprint density at radius 1 is 1.48 bits per heavy atom. The van der Waals surface area contributed by atoms with Gasteiger partial charge in [0.1, 0.15) is 11.1 Å². The number of fused-ring (bicyclic) bond motifs is 1. The lowest BCUT2D eigenvalue weighted by molar-refractivity contribution is 0.102. The second-order valence-corrected chi connectivity index (χ2v) is 7.40. The highest BCUT2D eigenvalue weighted by molar-refractivity contribution is 7.16. The van der Waals surface area contributed by atoms with Crippen LogP contribution in [0.1, 0.15) is 51.1 Å². The van der Waals surface area contributed by atoms with Crippen LogP contribution in [0.3, 0.4) is 0 Å².